The molecule has 0 saturated carbocycles. The Morgan fingerprint density at radius 3 is 2.28 bits per heavy atom. The standard InChI is InChI=1S/C53H41N3S/c1-53(2)44-20-9-6-15-37(44)39-19-12-18-36(48(39)53)35-27-30-46-43(31-35)40-28-29-41-38-16-8-11-22-47(38)57-51(41)50(40)56(46)52-54-45-21-10-7-17-42(45)49(55-52)34-25-23-33(24-26-34)32-13-4-3-5-14-32/h3-5,8-9,12-14,16-21,23-31H,6-7,10-11,15,22H2,1-2H3. The van der Waals surface area contributed by atoms with Gasteiger partial charge in [0, 0.05) is 37.2 Å². The molecule has 8 aromatic rings. The summed E-state index contributed by atoms with van der Waals surface area (Å²) < 4.78 is 3.70. The summed E-state index contributed by atoms with van der Waals surface area (Å²) >= 11 is 1.96. The van der Waals surface area contributed by atoms with Gasteiger partial charge < -0.3 is 0 Å². The first kappa shape index (κ1) is 33.1. The summed E-state index contributed by atoms with van der Waals surface area (Å²) in [4.78, 5) is 12.5. The summed E-state index contributed by atoms with van der Waals surface area (Å²) in [6.45, 7) is 4.83. The van der Waals surface area contributed by atoms with Gasteiger partial charge in [-0.15, -0.1) is 11.3 Å². The Balaban J connectivity index is 1.11. The molecular formula is C53H41N3S. The van der Waals surface area contributed by atoms with Crippen LogP contribution in [-0.2, 0) is 11.8 Å². The normalized spacial score (nSPS) is 16.4. The molecule has 3 heterocycles. The highest BCUT2D eigenvalue weighted by Crippen LogP contribution is 2.53. The predicted octanol–water partition coefficient (Wildman–Crippen LogP) is 12.5. The van der Waals surface area contributed by atoms with Crippen LogP contribution in [-0.4, -0.2) is 14.5 Å². The van der Waals surface area contributed by atoms with E-state index >= 15 is 0 Å². The van der Waals surface area contributed by atoms with Gasteiger partial charge in [-0.25, -0.2) is 9.97 Å². The zero-order chi connectivity index (χ0) is 37.8. The molecule has 274 valence electrons. The van der Waals surface area contributed by atoms with E-state index in [2.05, 4.69) is 158 Å². The number of aromatic nitrogens is 3. The van der Waals surface area contributed by atoms with Crippen molar-refractivity contribution in [1.29, 1.82) is 0 Å². The molecule has 0 unspecified atom stereocenters. The minimum Gasteiger partial charge on any atom is -0.276 e. The van der Waals surface area contributed by atoms with E-state index in [9.17, 15) is 0 Å². The Bertz CT molecular complexity index is 3240. The molecule has 0 fully saturated rings. The van der Waals surface area contributed by atoms with Gasteiger partial charge in [0.25, 0.3) is 0 Å². The third kappa shape index (κ3) is 4.90. The fraction of sp³-hybridized carbons (Fsp3) is 0.170. The van der Waals surface area contributed by atoms with Gasteiger partial charge in [0.2, 0.25) is 5.95 Å². The fourth-order valence-electron chi connectivity index (χ4n) is 10.3. The molecule has 4 aliphatic rings. The highest BCUT2D eigenvalue weighted by atomic mass is 32.1. The van der Waals surface area contributed by atoms with Crippen LogP contribution in [0.3, 0.4) is 0 Å². The number of allylic oxidation sites excluding steroid dienone is 5. The molecule has 0 aliphatic heterocycles. The van der Waals surface area contributed by atoms with E-state index in [1.807, 2.05) is 11.3 Å². The number of benzene rings is 5. The Morgan fingerprint density at radius 1 is 0.632 bits per heavy atom. The number of aryl methyl sites for hydroxylation is 1. The first-order chi connectivity index (χ1) is 28.0. The number of nitrogens with zero attached hydrogens (tertiary/aromatic N) is 3. The van der Waals surface area contributed by atoms with E-state index in [0.29, 0.717) is 0 Å². The number of fused-ring (bicyclic) bond motifs is 10. The highest BCUT2D eigenvalue weighted by molar-refractivity contribution is 7.20. The molecule has 0 bridgehead atoms. The lowest BCUT2D eigenvalue weighted by Crippen LogP contribution is -2.34. The minimum absolute atomic E-state index is 0.0585. The molecule has 3 nitrogen and oxygen atoms in total. The maximum Gasteiger partial charge on any atom is 0.235 e. The van der Waals surface area contributed by atoms with Crippen LogP contribution in [0.2, 0.25) is 0 Å². The zero-order valence-corrected chi connectivity index (χ0v) is 33.1. The molecule has 3 aromatic heterocycles. The highest BCUT2D eigenvalue weighted by Gasteiger charge is 2.39. The van der Waals surface area contributed by atoms with Crippen LogP contribution >= 0.6 is 11.3 Å². The van der Waals surface area contributed by atoms with Crippen molar-refractivity contribution in [3.05, 3.63) is 159 Å². The fourth-order valence-corrected chi connectivity index (χ4v) is 11.7. The van der Waals surface area contributed by atoms with Crippen LogP contribution in [0.5, 0.6) is 0 Å². The van der Waals surface area contributed by atoms with E-state index < -0.39 is 0 Å². The lowest BCUT2D eigenvalue weighted by molar-refractivity contribution is 0.653. The molecule has 0 amide bonds. The second kappa shape index (κ2) is 12.4. The van der Waals surface area contributed by atoms with Crippen molar-refractivity contribution in [3.8, 4) is 39.5 Å². The number of rotatable bonds is 4. The summed E-state index contributed by atoms with van der Waals surface area (Å²) in [5.41, 5.74) is 16.7. The van der Waals surface area contributed by atoms with Crippen molar-refractivity contribution in [2.45, 2.75) is 57.8 Å². The SMILES string of the molecule is CC1(C)C2=C(CCC=C2)c2cccc(-c3ccc4c(c3)c3ccc5c6c(sc5c3n4-c3nc(-c4ccc(-c5ccccc5)cc4)c4c(n3)=CCCC=4)CCC=C6)c21. The van der Waals surface area contributed by atoms with Crippen LogP contribution in [0.25, 0.3) is 95.2 Å². The van der Waals surface area contributed by atoms with Crippen molar-refractivity contribution in [3.63, 3.8) is 0 Å². The second-order valence-corrected chi connectivity index (χ2v) is 17.7. The van der Waals surface area contributed by atoms with Gasteiger partial charge in [-0.05, 0) is 101 Å². The first-order valence-electron chi connectivity index (χ1n) is 20.5. The Labute approximate surface area is 336 Å². The Kier molecular flexibility index (Phi) is 7.22. The van der Waals surface area contributed by atoms with Crippen molar-refractivity contribution in [1.82, 2.24) is 14.5 Å². The number of thiophene rings is 1. The average Bonchev–Trinajstić information content (AvgIpc) is 3.89. The molecule has 57 heavy (non-hydrogen) atoms. The minimum atomic E-state index is -0.0585. The summed E-state index contributed by atoms with van der Waals surface area (Å²) in [6, 6.07) is 38.3. The number of hydrogen-bond donors (Lipinski definition) is 0. The summed E-state index contributed by atoms with van der Waals surface area (Å²) in [7, 11) is 0. The van der Waals surface area contributed by atoms with Crippen LogP contribution in [0.4, 0.5) is 0 Å². The molecule has 0 atom stereocenters. The van der Waals surface area contributed by atoms with Crippen LogP contribution in [0.1, 0.15) is 67.5 Å². The van der Waals surface area contributed by atoms with Crippen LogP contribution < -0.4 is 10.6 Å². The molecular weight excluding hydrogens is 711 g/mol. The largest absolute Gasteiger partial charge is 0.276 e. The lowest BCUT2D eigenvalue weighted by atomic mass is 9.77. The van der Waals surface area contributed by atoms with E-state index in [1.165, 1.54) is 81.3 Å². The lowest BCUT2D eigenvalue weighted by Gasteiger charge is -2.26. The second-order valence-electron chi connectivity index (χ2n) is 16.6. The smallest absolute Gasteiger partial charge is 0.235 e. The van der Waals surface area contributed by atoms with Gasteiger partial charge >= 0.3 is 0 Å². The maximum atomic E-state index is 5.56. The molecule has 5 aromatic carbocycles. The van der Waals surface area contributed by atoms with Gasteiger partial charge in [0.15, 0.2) is 0 Å². The molecule has 12 rings (SSSR count). The average molecular weight is 752 g/mol. The predicted molar refractivity (Wildman–Crippen MR) is 241 cm³/mol. The zero-order valence-electron chi connectivity index (χ0n) is 32.3. The molecule has 4 heteroatoms. The van der Waals surface area contributed by atoms with Crippen molar-refractivity contribution < 1.29 is 0 Å². The van der Waals surface area contributed by atoms with Crippen LogP contribution in [0.15, 0.2) is 127 Å². The maximum absolute atomic E-state index is 5.56. The van der Waals surface area contributed by atoms with Gasteiger partial charge in [-0.2, -0.15) is 0 Å². The van der Waals surface area contributed by atoms with E-state index in [-0.39, 0.29) is 5.41 Å². The Hall–Kier alpha value is -6.10. The monoisotopic (exact) mass is 751 g/mol. The molecule has 0 N–H and O–H groups in total. The van der Waals surface area contributed by atoms with E-state index in [1.54, 1.807) is 0 Å². The molecule has 0 radical (unpaired) electrons. The van der Waals surface area contributed by atoms with E-state index in [0.717, 1.165) is 71.8 Å². The van der Waals surface area contributed by atoms with Gasteiger partial charge in [0.1, 0.15) is 0 Å². The van der Waals surface area contributed by atoms with Gasteiger partial charge in [0.05, 0.1) is 26.8 Å². The van der Waals surface area contributed by atoms with Crippen molar-refractivity contribution in [2.24, 2.45) is 0 Å². The third-order valence-corrected chi connectivity index (χ3v) is 14.3. The summed E-state index contributed by atoms with van der Waals surface area (Å²) in [6.07, 6.45) is 20.4. The Morgan fingerprint density at radius 2 is 1.39 bits per heavy atom. The summed E-state index contributed by atoms with van der Waals surface area (Å²) in [5, 5.41) is 5.97. The van der Waals surface area contributed by atoms with Gasteiger partial charge in [-0.1, -0.05) is 141 Å². The third-order valence-electron chi connectivity index (χ3n) is 13.0. The molecule has 0 saturated heterocycles. The van der Waals surface area contributed by atoms with Crippen molar-refractivity contribution in [2.75, 3.05) is 0 Å². The first-order valence-corrected chi connectivity index (χ1v) is 21.3. The summed E-state index contributed by atoms with van der Waals surface area (Å²) in [5.74, 6) is 0.731. The van der Waals surface area contributed by atoms with Crippen LogP contribution in [0, 0.1) is 0 Å². The molecule has 0 spiro atoms. The molecule has 4 aliphatic carbocycles. The van der Waals surface area contributed by atoms with E-state index in [4.69, 9.17) is 9.97 Å². The quantitative estimate of drug-likeness (QED) is 0.179. The van der Waals surface area contributed by atoms with Gasteiger partial charge in [-0.3, -0.25) is 4.57 Å². The number of hydrogen-bond acceptors (Lipinski definition) is 3. The van der Waals surface area contributed by atoms with Crippen molar-refractivity contribution >= 4 is 67.0 Å². The topological polar surface area (TPSA) is 30.7 Å².